The Morgan fingerprint density at radius 1 is 1.09 bits per heavy atom. The highest BCUT2D eigenvalue weighted by Gasteiger charge is 2.05. The van der Waals surface area contributed by atoms with E-state index >= 15 is 0 Å². The molecule has 0 fully saturated rings. The third-order valence-electron chi connectivity index (χ3n) is 3.35. The van der Waals surface area contributed by atoms with Gasteiger partial charge in [-0.1, -0.05) is 55.2 Å². The summed E-state index contributed by atoms with van der Waals surface area (Å²) in [5.41, 5.74) is 3.14. The third-order valence-corrected chi connectivity index (χ3v) is 5.09. The second-order valence-electron chi connectivity index (χ2n) is 5.57. The van der Waals surface area contributed by atoms with E-state index in [1.165, 1.54) is 5.56 Å². The number of anilines is 1. The minimum Gasteiger partial charge on any atom is -0.325 e. The lowest BCUT2D eigenvalue weighted by Gasteiger charge is -2.08. The number of thioether (sulfide) groups is 1. The molecule has 5 heteroatoms. The number of nitrogens with one attached hydrogen (secondary N) is 1. The van der Waals surface area contributed by atoms with Crippen molar-refractivity contribution in [2.24, 2.45) is 0 Å². The van der Waals surface area contributed by atoms with Crippen LogP contribution in [0.2, 0.25) is 10.0 Å². The van der Waals surface area contributed by atoms with Gasteiger partial charge in [0.05, 0.1) is 15.8 Å². The predicted molar refractivity (Wildman–Crippen MR) is 102 cm³/mol. The lowest BCUT2D eigenvalue weighted by molar-refractivity contribution is -0.113. The standard InChI is InChI=1S/C18H19Cl2NOS/c1-12(2)14-4-6-15(7-5-14)21-18(22)11-23-10-13-3-8-16(19)17(20)9-13/h3-9,12H,10-11H2,1-2H3,(H,21,22). The van der Waals surface area contributed by atoms with E-state index in [2.05, 4.69) is 19.2 Å². The van der Waals surface area contributed by atoms with Crippen LogP contribution in [0.25, 0.3) is 0 Å². The van der Waals surface area contributed by atoms with Crippen LogP contribution in [0.15, 0.2) is 42.5 Å². The van der Waals surface area contributed by atoms with Gasteiger partial charge in [-0.25, -0.2) is 0 Å². The molecule has 2 aromatic carbocycles. The Morgan fingerprint density at radius 3 is 2.39 bits per heavy atom. The fraction of sp³-hybridized carbons (Fsp3) is 0.278. The molecule has 2 nitrogen and oxygen atoms in total. The second kappa shape index (κ2) is 8.62. The highest BCUT2D eigenvalue weighted by Crippen LogP contribution is 2.24. The maximum atomic E-state index is 12.0. The van der Waals surface area contributed by atoms with Crippen molar-refractivity contribution in [1.82, 2.24) is 0 Å². The number of amides is 1. The number of carbonyl (C=O) groups is 1. The average molecular weight is 368 g/mol. The van der Waals surface area contributed by atoms with Crippen LogP contribution >= 0.6 is 35.0 Å². The molecule has 0 heterocycles. The van der Waals surface area contributed by atoms with Crippen LogP contribution in [-0.4, -0.2) is 11.7 Å². The van der Waals surface area contributed by atoms with Crippen molar-refractivity contribution < 1.29 is 4.79 Å². The zero-order valence-corrected chi connectivity index (χ0v) is 15.4. The Labute approximate surface area is 151 Å². The number of benzene rings is 2. The molecule has 0 aliphatic heterocycles. The molecular weight excluding hydrogens is 349 g/mol. The van der Waals surface area contributed by atoms with Crippen molar-refractivity contribution >= 4 is 46.6 Å². The Kier molecular flexibility index (Phi) is 6.82. The smallest absolute Gasteiger partial charge is 0.234 e. The van der Waals surface area contributed by atoms with E-state index in [0.29, 0.717) is 21.7 Å². The monoisotopic (exact) mass is 367 g/mol. The molecule has 2 aromatic rings. The summed E-state index contributed by atoms with van der Waals surface area (Å²) in [6.07, 6.45) is 0. The quantitative estimate of drug-likeness (QED) is 0.679. The van der Waals surface area contributed by atoms with Crippen LogP contribution in [0.3, 0.4) is 0 Å². The van der Waals surface area contributed by atoms with E-state index in [4.69, 9.17) is 23.2 Å². The van der Waals surface area contributed by atoms with Crippen molar-refractivity contribution in [3.8, 4) is 0 Å². The topological polar surface area (TPSA) is 29.1 Å². The van der Waals surface area contributed by atoms with Crippen LogP contribution in [-0.2, 0) is 10.5 Å². The summed E-state index contributed by atoms with van der Waals surface area (Å²) in [5.74, 6) is 1.59. The molecule has 1 N–H and O–H groups in total. The third kappa shape index (κ3) is 5.76. The van der Waals surface area contributed by atoms with Crippen LogP contribution < -0.4 is 5.32 Å². The predicted octanol–water partition coefficient (Wildman–Crippen LogP) is 5.99. The van der Waals surface area contributed by atoms with Gasteiger partial charge in [0, 0.05) is 11.4 Å². The SMILES string of the molecule is CC(C)c1ccc(NC(=O)CSCc2ccc(Cl)c(Cl)c2)cc1. The van der Waals surface area contributed by atoms with Crippen LogP contribution in [0.1, 0.15) is 30.9 Å². The Morgan fingerprint density at radius 2 is 1.78 bits per heavy atom. The summed E-state index contributed by atoms with van der Waals surface area (Å²) in [6.45, 7) is 4.29. The Balaban J connectivity index is 1.79. The number of rotatable bonds is 6. The van der Waals surface area contributed by atoms with Crippen LogP contribution in [0.4, 0.5) is 5.69 Å². The number of hydrogen-bond donors (Lipinski definition) is 1. The van der Waals surface area contributed by atoms with E-state index in [0.717, 1.165) is 17.0 Å². The molecule has 122 valence electrons. The van der Waals surface area contributed by atoms with Gasteiger partial charge in [-0.3, -0.25) is 4.79 Å². The molecule has 0 aliphatic carbocycles. The molecule has 23 heavy (non-hydrogen) atoms. The Bertz CT molecular complexity index is 671. The summed E-state index contributed by atoms with van der Waals surface area (Å²) in [5, 5.41) is 3.99. The molecule has 0 unspecified atom stereocenters. The van der Waals surface area contributed by atoms with Gasteiger partial charge in [0.1, 0.15) is 0 Å². The van der Waals surface area contributed by atoms with Gasteiger partial charge in [0.25, 0.3) is 0 Å². The zero-order valence-electron chi connectivity index (χ0n) is 13.1. The maximum Gasteiger partial charge on any atom is 0.234 e. The highest BCUT2D eigenvalue weighted by atomic mass is 35.5. The highest BCUT2D eigenvalue weighted by molar-refractivity contribution is 7.99. The lowest BCUT2D eigenvalue weighted by Crippen LogP contribution is -2.14. The molecule has 0 atom stereocenters. The lowest BCUT2D eigenvalue weighted by atomic mass is 10.0. The van der Waals surface area contributed by atoms with E-state index in [-0.39, 0.29) is 5.91 Å². The minimum absolute atomic E-state index is 0.00708. The fourth-order valence-electron chi connectivity index (χ4n) is 2.04. The van der Waals surface area contributed by atoms with Crippen molar-refractivity contribution in [3.05, 3.63) is 63.6 Å². The summed E-state index contributed by atoms with van der Waals surface area (Å²) in [7, 11) is 0. The number of carbonyl (C=O) groups excluding carboxylic acids is 1. The molecular formula is C18H19Cl2NOS. The van der Waals surface area contributed by atoms with Gasteiger partial charge in [-0.05, 0) is 41.3 Å². The summed E-state index contributed by atoms with van der Waals surface area (Å²) >= 11 is 13.4. The first-order chi connectivity index (χ1) is 11.0. The van der Waals surface area contributed by atoms with Gasteiger partial charge >= 0.3 is 0 Å². The molecule has 0 aromatic heterocycles. The van der Waals surface area contributed by atoms with E-state index < -0.39 is 0 Å². The van der Waals surface area contributed by atoms with Gasteiger partial charge in [0.2, 0.25) is 5.91 Å². The van der Waals surface area contributed by atoms with Crippen molar-refractivity contribution in [1.29, 1.82) is 0 Å². The molecule has 0 aliphatic rings. The fourth-order valence-corrected chi connectivity index (χ4v) is 3.13. The number of hydrogen-bond acceptors (Lipinski definition) is 2. The normalized spacial score (nSPS) is 10.8. The van der Waals surface area contributed by atoms with Gasteiger partial charge in [-0.15, -0.1) is 11.8 Å². The van der Waals surface area contributed by atoms with Gasteiger partial charge in [-0.2, -0.15) is 0 Å². The molecule has 2 rings (SSSR count). The summed E-state index contributed by atoms with van der Waals surface area (Å²) < 4.78 is 0. The van der Waals surface area contributed by atoms with Crippen LogP contribution in [0, 0.1) is 0 Å². The molecule has 0 saturated carbocycles. The van der Waals surface area contributed by atoms with Crippen molar-refractivity contribution in [2.75, 3.05) is 11.1 Å². The zero-order chi connectivity index (χ0) is 16.8. The minimum atomic E-state index is -0.00708. The average Bonchev–Trinajstić information content (AvgIpc) is 2.51. The summed E-state index contributed by atoms with van der Waals surface area (Å²) in [6, 6.07) is 13.5. The van der Waals surface area contributed by atoms with Crippen molar-refractivity contribution in [3.63, 3.8) is 0 Å². The first-order valence-electron chi connectivity index (χ1n) is 7.37. The molecule has 0 bridgehead atoms. The maximum absolute atomic E-state index is 12.0. The number of halogens is 2. The first-order valence-corrected chi connectivity index (χ1v) is 9.28. The van der Waals surface area contributed by atoms with E-state index in [9.17, 15) is 4.79 Å². The van der Waals surface area contributed by atoms with Crippen LogP contribution in [0.5, 0.6) is 0 Å². The first kappa shape index (κ1) is 18.2. The molecule has 0 spiro atoms. The molecule has 0 radical (unpaired) electrons. The molecule has 1 amide bonds. The summed E-state index contributed by atoms with van der Waals surface area (Å²) in [4.78, 5) is 12.0. The largest absolute Gasteiger partial charge is 0.325 e. The molecule has 0 saturated heterocycles. The van der Waals surface area contributed by atoms with Crippen molar-refractivity contribution in [2.45, 2.75) is 25.5 Å². The second-order valence-corrected chi connectivity index (χ2v) is 7.37. The van der Waals surface area contributed by atoms with E-state index in [1.807, 2.05) is 36.4 Å². The van der Waals surface area contributed by atoms with Gasteiger partial charge in [0.15, 0.2) is 0 Å². The van der Waals surface area contributed by atoms with E-state index in [1.54, 1.807) is 17.8 Å². The van der Waals surface area contributed by atoms with Gasteiger partial charge < -0.3 is 5.32 Å². The Hall–Kier alpha value is -1.16.